The molecule has 0 radical (unpaired) electrons. The molecule has 0 aromatic rings. The fourth-order valence-corrected chi connectivity index (χ4v) is 1.98. The molecule has 0 unspecified atom stereocenters. The summed E-state index contributed by atoms with van der Waals surface area (Å²) in [6.07, 6.45) is 14.5. The Bertz CT molecular complexity index is 135. The van der Waals surface area contributed by atoms with Gasteiger partial charge in [0, 0.05) is 0 Å². The summed E-state index contributed by atoms with van der Waals surface area (Å²) in [4.78, 5) is 0. The van der Waals surface area contributed by atoms with Crippen LogP contribution in [0.5, 0.6) is 0 Å². The van der Waals surface area contributed by atoms with Crippen molar-refractivity contribution in [1.29, 1.82) is 0 Å². The number of hydrogen-bond acceptors (Lipinski definition) is 2. The SMILES string of the molecule is CCCCCCCCCCCCCB([O-])O.[K+]. The first-order chi connectivity index (χ1) is 7.77. The van der Waals surface area contributed by atoms with Gasteiger partial charge in [0.15, 0.2) is 7.12 Å². The summed E-state index contributed by atoms with van der Waals surface area (Å²) in [5, 5.41) is 18.9. The van der Waals surface area contributed by atoms with Crippen LogP contribution in [0.25, 0.3) is 0 Å². The molecule has 0 fully saturated rings. The van der Waals surface area contributed by atoms with Gasteiger partial charge in [-0.3, -0.25) is 0 Å². The van der Waals surface area contributed by atoms with Gasteiger partial charge in [0.25, 0.3) is 0 Å². The first-order valence-corrected chi connectivity index (χ1v) is 7.11. The van der Waals surface area contributed by atoms with Gasteiger partial charge in [0.1, 0.15) is 0 Å². The van der Waals surface area contributed by atoms with Gasteiger partial charge in [0.2, 0.25) is 0 Å². The predicted molar refractivity (Wildman–Crippen MR) is 69.2 cm³/mol. The standard InChI is InChI=1S/C13H28BO2.K/c1-2-3-4-5-6-7-8-9-10-11-12-13-14(15)16;/h15H,2-13H2,1H3;/q-1;+1. The average molecular weight is 266 g/mol. The molecule has 0 spiro atoms. The predicted octanol–water partition coefficient (Wildman–Crippen LogP) is 0.142. The topological polar surface area (TPSA) is 43.3 Å². The molecule has 0 aromatic carbocycles. The summed E-state index contributed by atoms with van der Waals surface area (Å²) in [6.45, 7) is 2.25. The Balaban J connectivity index is 0. The third kappa shape index (κ3) is 20.1. The summed E-state index contributed by atoms with van der Waals surface area (Å²) in [7, 11) is -1.35. The zero-order valence-corrected chi connectivity index (χ0v) is 15.0. The van der Waals surface area contributed by atoms with Crippen molar-refractivity contribution < 1.29 is 61.4 Å². The van der Waals surface area contributed by atoms with Gasteiger partial charge in [0.05, 0.1) is 0 Å². The fourth-order valence-electron chi connectivity index (χ4n) is 1.98. The van der Waals surface area contributed by atoms with Crippen molar-refractivity contribution >= 4 is 7.12 Å². The van der Waals surface area contributed by atoms with Crippen LogP contribution in [-0.2, 0) is 0 Å². The van der Waals surface area contributed by atoms with E-state index < -0.39 is 7.12 Å². The molecule has 0 aliphatic carbocycles. The van der Waals surface area contributed by atoms with E-state index in [0.29, 0.717) is 6.32 Å². The van der Waals surface area contributed by atoms with Crippen molar-refractivity contribution in [2.75, 3.05) is 0 Å². The second-order valence-corrected chi connectivity index (χ2v) is 4.78. The molecule has 0 amide bonds. The van der Waals surface area contributed by atoms with E-state index >= 15 is 0 Å². The molecule has 1 N–H and O–H groups in total. The minimum absolute atomic E-state index is 0. The van der Waals surface area contributed by atoms with E-state index in [9.17, 15) is 5.02 Å². The van der Waals surface area contributed by atoms with Crippen LogP contribution in [0.4, 0.5) is 0 Å². The van der Waals surface area contributed by atoms with Crippen molar-refractivity contribution in [3.05, 3.63) is 0 Å². The Kier molecular flexibility index (Phi) is 21.7. The summed E-state index contributed by atoms with van der Waals surface area (Å²) in [6, 6.07) is 0. The van der Waals surface area contributed by atoms with Crippen molar-refractivity contribution in [1.82, 2.24) is 0 Å². The van der Waals surface area contributed by atoms with Crippen molar-refractivity contribution in [2.24, 2.45) is 0 Å². The van der Waals surface area contributed by atoms with Gasteiger partial charge >= 0.3 is 51.4 Å². The molecule has 17 heavy (non-hydrogen) atoms. The largest absolute Gasteiger partial charge is 1.00 e. The van der Waals surface area contributed by atoms with E-state index in [1.807, 2.05) is 0 Å². The van der Waals surface area contributed by atoms with Gasteiger partial charge < -0.3 is 10.0 Å². The smallest absolute Gasteiger partial charge is 0.857 e. The fraction of sp³-hybridized carbons (Fsp3) is 1.00. The Morgan fingerprint density at radius 3 is 1.47 bits per heavy atom. The number of rotatable bonds is 12. The monoisotopic (exact) mass is 266 g/mol. The second kappa shape index (κ2) is 17.6. The van der Waals surface area contributed by atoms with Crippen LogP contribution in [-0.4, -0.2) is 12.1 Å². The van der Waals surface area contributed by atoms with E-state index in [1.54, 1.807) is 0 Å². The minimum atomic E-state index is -1.35. The summed E-state index contributed by atoms with van der Waals surface area (Å²) in [5.74, 6) is 0. The first-order valence-electron chi connectivity index (χ1n) is 7.11. The molecular weight excluding hydrogens is 238 g/mol. The number of unbranched alkanes of at least 4 members (excludes halogenated alkanes) is 10. The second-order valence-electron chi connectivity index (χ2n) is 4.78. The van der Waals surface area contributed by atoms with Crippen molar-refractivity contribution in [2.45, 2.75) is 83.9 Å². The van der Waals surface area contributed by atoms with E-state index in [4.69, 9.17) is 5.02 Å². The summed E-state index contributed by atoms with van der Waals surface area (Å²) in [5.41, 5.74) is 0. The average Bonchev–Trinajstić information content (AvgIpc) is 2.25. The van der Waals surface area contributed by atoms with Crippen LogP contribution in [0.15, 0.2) is 0 Å². The molecule has 96 valence electrons. The maximum absolute atomic E-state index is 10.3. The molecule has 0 heterocycles. The van der Waals surface area contributed by atoms with Crippen LogP contribution >= 0.6 is 0 Å². The molecular formula is C13H28BKO2. The molecule has 0 rings (SSSR count). The van der Waals surface area contributed by atoms with E-state index in [1.165, 1.54) is 57.8 Å². The zero-order valence-electron chi connectivity index (χ0n) is 11.9. The number of hydrogen-bond donors (Lipinski definition) is 1. The van der Waals surface area contributed by atoms with E-state index in [0.717, 1.165) is 12.8 Å². The van der Waals surface area contributed by atoms with Crippen molar-refractivity contribution in [3.8, 4) is 0 Å². The Morgan fingerprint density at radius 1 is 0.765 bits per heavy atom. The maximum Gasteiger partial charge on any atom is 1.00 e. The molecule has 0 saturated heterocycles. The van der Waals surface area contributed by atoms with Crippen LogP contribution in [0.2, 0.25) is 6.32 Å². The van der Waals surface area contributed by atoms with Crippen LogP contribution < -0.4 is 56.4 Å². The summed E-state index contributed by atoms with van der Waals surface area (Å²) < 4.78 is 0. The van der Waals surface area contributed by atoms with Gasteiger partial charge in [-0.05, 0) is 0 Å². The van der Waals surface area contributed by atoms with Crippen LogP contribution in [0.1, 0.15) is 77.6 Å². The van der Waals surface area contributed by atoms with Gasteiger partial charge in [-0.15, -0.1) is 0 Å². The normalized spacial score (nSPS) is 10.1. The molecule has 2 nitrogen and oxygen atoms in total. The molecule has 0 bridgehead atoms. The van der Waals surface area contributed by atoms with Crippen LogP contribution in [0, 0.1) is 0 Å². The minimum Gasteiger partial charge on any atom is -0.857 e. The summed E-state index contributed by atoms with van der Waals surface area (Å²) >= 11 is 0. The quantitative estimate of drug-likeness (QED) is 0.403. The van der Waals surface area contributed by atoms with Crippen LogP contribution in [0.3, 0.4) is 0 Å². The van der Waals surface area contributed by atoms with E-state index in [2.05, 4.69) is 6.92 Å². The molecule has 0 aromatic heterocycles. The third-order valence-corrected chi connectivity index (χ3v) is 3.05. The van der Waals surface area contributed by atoms with E-state index in [-0.39, 0.29) is 51.4 Å². The Labute approximate surface area is 151 Å². The van der Waals surface area contributed by atoms with Gasteiger partial charge in [-0.1, -0.05) is 83.9 Å². The van der Waals surface area contributed by atoms with Gasteiger partial charge in [-0.2, -0.15) is 0 Å². The first kappa shape index (κ1) is 20.9. The third-order valence-electron chi connectivity index (χ3n) is 3.05. The zero-order chi connectivity index (χ0) is 12.1. The molecule has 4 heteroatoms. The molecule has 0 saturated carbocycles. The molecule has 0 aliphatic heterocycles. The Hall–Kier alpha value is 1.62. The van der Waals surface area contributed by atoms with Crippen molar-refractivity contribution in [3.63, 3.8) is 0 Å². The maximum atomic E-state index is 10.3. The Morgan fingerprint density at radius 2 is 1.12 bits per heavy atom. The van der Waals surface area contributed by atoms with Gasteiger partial charge in [-0.25, -0.2) is 0 Å². The molecule has 0 atom stereocenters. The molecule has 0 aliphatic rings.